The third-order valence-electron chi connectivity index (χ3n) is 2.60. The van der Waals surface area contributed by atoms with E-state index in [0.717, 1.165) is 28.3 Å². The molecule has 0 bridgehead atoms. The van der Waals surface area contributed by atoms with Gasteiger partial charge in [0.15, 0.2) is 0 Å². The van der Waals surface area contributed by atoms with Crippen molar-refractivity contribution in [3.05, 3.63) is 23.4 Å². The maximum Gasteiger partial charge on any atom is 0.125 e. The fourth-order valence-corrected chi connectivity index (χ4v) is 2.54. The standard InChI is InChI=1S/C12H19N3S/c1-4-8(2)7-16-12-10(11(13)14)9(3)5-6-15-12/h5-6,8H,4,7H2,1-3H3,(H3,13,14). The molecule has 0 radical (unpaired) electrons. The maximum absolute atomic E-state index is 7.57. The molecule has 1 atom stereocenters. The summed E-state index contributed by atoms with van der Waals surface area (Å²) in [7, 11) is 0. The fourth-order valence-electron chi connectivity index (χ4n) is 1.31. The van der Waals surface area contributed by atoms with Gasteiger partial charge in [-0.15, -0.1) is 11.8 Å². The minimum atomic E-state index is 0.109. The molecule has 3 N–H and O–H groups in total. The van der Waals surface area contributed by atoms with Gasteiger partial charge in [0.2, 0.25) is 0 Å². The topological polar surface area (TPSA) is 62.8 Å². The van der Waals surface area contributed by atoms with Gasteiger partial charge >= 0.3 is 0 Å². The Bertz CT molecular complexity index is 377. The highest BCUT2D eigenvalue weighted by Gasteiger charge is 2.11. The third-order valence-corrected chi connectivity index (χ3v) is 3.91. The quantitative estimate of drug-likeness (QED) is 0.470. The number of nitrogens with one attached hydrogen (secondary N) is 1. The SMILES string of the molecule is CCC(C)CSc1nccc(C)c1C(=N)N. The second kappa shape index (κ2) is 5.89. The van der Waals surface area contributed by atoms with Gasteiger partial charge in [0.1, 0.15) is 10.9 Å². The van der Waals surface area contributed by atoms with Gasteiger partial charge in [-0.1, -0.05) is 20.3 Å². The zero-order valence-electron chi connectivity index (χ0n) is 10.1. The molecule has 1 heterocycles. The highest BCUT2D eigenvalue weighted by molar-refractivity contribution is 7.99. The van der Waals surface area contributed by atoms with E-state index < -0.39 is 0 Å². The van der Waals surface area contributed by atoms with E-state index in [1.165, 1.54) is 0 Å². The van der Waals surface area contributed by atoms with E-state index in [9.17, 15) is 0 Å². The molecule has 1 rings (SSSR count). The summed E-state index contributed by atoms with van der Waals surface area (Å²) >= 11 is 1.69. The van der Waals surface area contributed by atoms with Crippen LogP contribution >= 0.6 is 11.8 Å². The Hall–Kier alpha value is -1.03. The van der Waals surface area contributed by atoms with Gasteiger partial charge in [0.05, 0.1) is 5.56 Å². The summed E-state index contributed by atoms with van der Waals surface area (Å²) in [4.78, 5) is 4.31. The number of hydrogen-bond donors (Lipinski definition) is 2. The fraction of sp³-hybridized carbons (Fsp3) is 0.500. The predicted molar refractivity (Wildman–Crippen MR) is 70.2 cm³/mol. The normalized spacial score (nSPS) is 12.4. The van der Waals surface area contributed by atoms with Crippen LogP contribution in [0.2, 0.25) is 0 Å². The number of aryl methyl sites for hydroxylation is 1. The van der Waals surface area contributed by atoms with Crippen LogP contribution in [0.3, 0.4) is 0 Å². The minimum absolute atomic E-state index is 0.109. The van der Waals surface area contributed by atoms with E-state index in [1.807, 2.05) is 13.0 Å². The first-order valence-corrected chi connectivity index (χ1v) is 6.47. The van der Waals surface area contributed by atoms with Crippen LogP contribution in [0.15, 0.2) is 17.3 Å². The van der Waals surface area contributed by atoms with E-state index in [4.69, 9.17) is 11.1 Å². The van der Waals surface area contributed by atoms with E-state index in [1.54, 1.807) is 18.0 Å². The monoisotopic (exact) mass is 237 g/mol. The van der Waals surface area contributed by atoms with E-state index in [2.05, 4.69) is 18.8 Å². The molecule has 1 aromatic heterocycles. The number of nitrogen functional groups attached to an aromatic ring is 1. The molecule has 1 unspecified atom stereocenters. The number of nitrogens with zero attached hydrogens (tertiary/aromatic N) is 1. The zero-order valence-corrected chi connectivity index (χ0v) is 10.9. The van der Waals surface area contributed by atoms with Crippen LogP contribution in [-0.2, 0) is 0 Å². The van der Waals surface area contributed by atoms with Crippen LogP contribution in [0.5, 0.6) is 0 Å². The first-order chi connectivity index (χ1) is 7.56. The Balaban J connectivity index is 2.87. The zero-order chi connectivity index (χ0) is 12.1. The molecule has 4 heteroatoms. The molecule has 0 aliphatic carbocycles. The smallest absolute Gasteiger partial charge is 0.125 e. The molecule has 0 aliphatic heterocycles. The summed E-state index contributed by atoms with van der Waals surface area (Å²) in [6.45, 7) is 6.36. The third kappa shape index (κ3) is 3.23. The predicted octanol–water partition coefficient (Wildman–Crippen LogP) is 2.81. The number of nitrogens with two attached hydrogens (primary N) is 1. The van der Waals surface area contributed by atoms with Crippen molar-refractivity contribution in [2.75, 3.05) is 5.75 Å². The molecule has 0 spiro atoms. The molecule has 3 nitrogen and oxygen atoms in total. The summed E-state index contributed by atoms with van der Waals surface area (Å²) in [6, 6.07) is 1.89. The molecular formula is C12H19N3S. The molecule has 16 heavy (non-hydrogen) atoms. The van der Waals surface area contributed by atoms with Crippen molar-refractivity contribution in [1.29, 1.82) is 5.41 Å². The average molecular weight is 237 g/mol. The van der Waals surface area contributed by atoms with Crippen LogP contribution in [0.25, 0.3) is 0 Å². The van der Waals surface area contributed by atoms with Crippen LogP contribution in [0.1, 0.15) is 31.4 Å². The van der Waals surface area contributed by atoms with Crippen molar-refractivity contribution in [3.8, 4) is 0 Å². The summed E-state index contributed by atoms with van der Waals surface area (Å²) in [5.41, 5.74) is 7.39. The van der Waals surface area contributed by atoms with Crippen LogP contribution in [-0.4, -0.2) is 16.6 Å². The Morgan fingerprint density at radius 2 is 2.31 bits per heavy atom. The first-order valence-electron chi connectivity index (χ1n) is 5.49. The molecule has 0 aromatic carbocycles. The number of hydrogen-bond acceptors (Lipinski definition) is 3. The molecule has 0 fully saturated rings. The lowest BCUT2D eigenvalue weighted by atomic mass is 10.1. The van der Waals surface area contributed by atoms with Crippen LogP contribution in [0.4, 0.5) is 0 Å². The van der Waals surface area contributed by atoms with Gasteiger partial charge in [-0.25, -0.2) is 4.98 Å². The Morgan fingerprint density at radius 3 is 2.88 bits per heavy atom. The van der Waals surface area contributed by atoms with Gasteiger partial charge in [0.25, 0.3) is 0 Å². The molecule has 0 aliphatic rings. The largest absolute Gasteiger partial charge is 0.384 e. The first kappa shape index (κ1) is 13.0. The van der Waals surface area contributed by atoms with Gasteiger partial charge in [-0.3, -0.25) is 5.41 Å². The average Bonchev–Trinajstić information content (AvgIpc) is 2.25. The lowest BCUT2D eigenvalue weighted by Crippen LogP contribution is -2.15. The number of amidine groups is 1. The van der Waals surface area contributed by atoms with Gasteiger partial charge in [0, 0.05) is 11.9 Å². The van der Waals surface area contributed by atoms with Crippen molar-refractivity contribution in [1.82, 2.24) is 4.98 Å². The highest BCUT2D eigenvalue weighted by Crippen LogP contribution is 2.25. The van der Waals surface area contributed by atoms with Crippen molar-refractivity contribution < 1.29 is 0 Å². The second-order valence-electron chi connectivity index (χ2n) is 4.05. The van der Waals surface area contributed by atoms with Crippen molar-refractivity contribution in [2.24, 2.45) is 11.7 Å². The summed E-state index contributed by atoms with van der Waals surface area (Å²) in [5.74, 6) is 1.79. The lowest BCUT2D eigenvalue weighted by molar-refractivity contribution is 0.636. The van der Waals surface area contributed by atoms with Gasteiger partial charge in [-0.2, -0.15) is 0 Å². The number of rotatable bonds is 5. The van der Waals surface area contributed by atoms with Crippen molar-refractivity contribution in [2.45, 2.75) is 32.2 Å². The van der Waals surface area contributed by atoms with Gasteiger partial charge < -0.3 is 5.73 Å². The van der Waals surface area contributed by atoms with E-state index in [-0.39, 0.29) is 5.84 Å². The Kier molecular flexibility index (Phi) is 4.80. The minimum Gasteiger partial charge on any atom is -0.384 e. The summed E-state index contributed by atoms with van der Waals surface area (Å²) < 4.78 is 0. The molecular weight excluding hydrogens is 218 g/mol. The molecule has 0 saturated carbocycles. The van der Waals surface area contributed by atoms with Crippen molar-refractivity contribution >= 4 is 17.6 Å². The molecule has 0 amide bonds. The number of aromatic nitrogens is 1. The van der Waals surface area contributed by atoms with Crippen molar-refractivity contribution in [3.63, 3.8) is 0 Å². The van der Waals surface area contributed by atoms with E-state index in [0.29, 0.717) is 5.92 Å². The molecule has 88 valence electrons. The Labute approximate surface area is 101 Å². The maximum atomic E-state index is 7.57. The van der Waals surface area contributed by atoms with Crippen LogP contribution in [0, 0.1) is 18.3 Å². The number of pyridine rings is 1. The highest BCUT2D eigenvalue weighted by atomic mass is 32.2. The molecule has 0 saturated heterocycles. The van der Waals surface area contributed by atoms with Gasteiger partial charge in [-0.05, 0) is 24.5 Å². The molecule has 1 aromatic rings. The van der Waals surface area contributed by atoms with E-state index >= 15 is 0 Å². The Morgan fingerprint density at radius 1 is 1.62 bits per heavy atom. The summed E-state index contributed by atoms with van der Waals surface area (Å²) in [6.07, 6.45) is 2.94. The van der Waals surface area contributed by atoms with Crippen LogP contribution < -0.4 is 5.73 Å². The number of thioether (sulfide) groups is 1. The summed E-state index contributed by atoms with van der Waals surface area (Å²) in [5, 5.41) is 8.45. The second-order valence-corrected chi connectivity index (χ2v) is 5.05. The lowest BCUT2D eigenvalue weighted by Gasteiger charge is -2.11.